The number of ketones is 1. The summed E-state index contributed by atoms with van der Waals surface area (Å²) in [6.45, 7) is 2.46. The maximum atomic E-state index is 12.5. The van der Waals surface area contributed by atoms with Crippen molar-refractivity contribution in [3.05, 3.63) is 58.5 Å². The van der Waals surface area contributed by atoms with Crippen molar-refractivity contribution >= 4 is 23.6 Å². The van der Waals surface area contributed by atoms with E-state index in [0.29, 0.717) is 23.0 Å². The summed E-state index contributed by atoms with van der Waals surface area (Å²) in [6, 6.07) is 13.3. The summed E-state index contributed by atoms with van der Waals surface area (Å²) in [5, 5.41) is 0. The summed E-state index contributed by atoms with van der Waals surface area (Å²) in [7, 11) is 1.61. The van der Waals surface area contributed by atoms with Gasteiger partial charge in [0.25, 0.3) is 0 Å². The minimum atomic E-state index is 0.0610. The van der Waals surface area contributed by atoms with Gasteiger partial charge in [0.2, 0.25) is 5.78 Å². The molecule has 0 aliphatic carbocycles. The van der Waals surface area contributed by atoms with Crippen LogP contribution in [0.2, 0.25) is 0 Å². The van der Waals surface area contributed by atoms with Crippen LogP contribution in [0.4, 0.5) is 0 Å². The molecule has 0 radical (unpaired) electrons. The lowest BCUT2D eigenvalue weighted by atomic mass is 10.1. The van der Waals surface area contributed by atoms with Crippen LogP contribution < -0.4 is 9.47 Å². The van der Waals surface area contributed by atoms with Crippen molar-refractivity contribution < 1.29 is 14.3 Å². The molecule has 0 N–H and O–H groups in total. The van der Waals surface area contributed by atoms with E-state index >= 15 is 0 Å². The lowest BCUT2D eigenvalue weighted by Crippen LogP contribution is -1.98. The normalized spacial score (nSPS) is 15.0. The predicted octanol–water partition coefficient (Wildman–Crippen LogP) is 4.42. The van der Waals surface area contributed by atoms with E-state index in [9.17, 15) is 4.79 Å². The standard InChI is InChI=1S/C18H16O3S/c1-3-21-18-12(7-6-9-14(18)20-2)11-16-17(19)13-8-4-5-10-15(13)22-16/h4-11H,3H2,1-2H3. The molecule has 0 atom stereocenters. The number of ether oxygens (including phenoxy) is 2. The number of allylic oxidation sites excluding steroid dienone is 1. The lowest BCUT2D eigenvalue weighted by molar-refractivity contribution is 0.104. The third kappa shape index (κ3) is 2.62. The summed E-state index contributed by atoms with van der Waals surface area (Å²) in [6.07, 6.45) is 1.88. The van der Waals surface area contributed by atoms with Gasteiger partial charge in [0.15, 0.2) is 11.5 Å². The van der Waals surface area contributed by atoms with Crippen LogP contribution in [-0.2, 0) is 0 Å². The molecule has 3 rings (SSSR count). The maximum Gasteiger partial charge on any atom is 0.200 e. The Kier molecular flexibility index (Phi) is 4.20. The second kappa shape index (κ2) is 6.28. The fraction of sp³-hybridized carbons (Fsp3) is 0.167. The molecule has 22 heavy (non-hydrogen) atoms. The zero-order valence-corrected chi connectivity index (χ0v) is 13.3. The third-order valence-corrected chi connectivity index (χ3v) is 4.48. The van der Waals surface area contributed by atoms with Gasteiger partial charge in [-0.3, -0.25) is 4.79 Å². The average Bonchev–Trinajstić information content (AvgIpc) is 2.86. The maximum absolute atomic E-state index is 12.5. The molecule has 3 nitrogen and oxygen atoms in total. The fourth-order valence-electron chi connectivity index (χ4n) is 2.38. The number of Topliss-reactive ketones (excluding diaryl/α,β-unsaturated/α-hetero) is 1. The van der Waals surface area contributed by atoms with Crippen molar-refractivity contribution in [1.82, 2.24) is 0 Å². The third-order valence-electron chi connectivity index (χ3n) is 3.38. The minimum Gasteiger partial charge on any atom is -0.493 e. The SMILES string of the molecule is CCOc1c(C=C2Sc3ccccc3C2=O)cccc1OC. The molecule has 0 fully saturated rings. The van der Waals surface area contributed by atoms with Crippen molar-refractivity contribution in [2.75, 3.05) is 13.7 Å². The van der Waals surface area contributed by atoms with E-state index in [0.717, 1.165) is 16.0 Å². The summed E-state index contributed by atoms with van der Waals surface area (Å²) >= 11 is 1.49. The summed E-state index contributed by atoms with van der Waals surface area (Å²) < 4.78 is 11.0. The van der Waals surface area contributed by atoms with Crippen LogP contribution in [0, 0.1) is 0 Å². The van der Waals surface area contributed by atoms with Gasteiger partial charge in [-0.05, 0) is 31.2 Å². The van der Waals surface area contributed by atoms with E-state index in [1.54, 1.807) is 7.11 Å². The largest absolute Gasteiger partial charge is 0.493 e. The van der Waals surface area contributed by atoms with E-state index < -0.39 is 0 Å². The molecule has 0 spiro atoms. The highest BCUT2D eigenvalue weighted by atomic mass is 32.2. The van der Waals surface area contributed by atoms with Gasteiger partial charge in [-0.1, -0.05) is 36.0 Å². The molecule has 0 unspecified atom stereocenters. The first-order chi connectivity index (χ1) is 10.7. The summed E-state index contributed by atoms with van der Waals surface area (Å²) in [4.78, 5) is 14.2. The molecule has 0 bridgehead atoms. The Labute approximate surface area is 133 Å². The number of carbonyl (C=O) groups is 1. The van der Waals surface area contributed by atoms with E-state index in [4.69, 9.17) is 9.47 Å². The Morgan fingerprint density at radius 3 is 2.68 bits per heavy atom. The molecular weight excluding hydrogens is 296 g/mol. The second-order valence-electron chi connectivity index (χ2n) is 4.75. The number of methoxy groups -OCH3 is 1. The molecule has 0 amide bonds. The van der Waals surface area contributed by atoms with Gasteiger partial charge in [0, 0.05) is 16.0 Å². The molecule has 112 valence electrons. The number of thioether (sulfide) groups is 1. The Morgan fingerprint density at radius 1 is 1.14 bits per heavy atom. The minimum absolute atomic E-state index is 0.0610. The lowest BCUT2D eigenvalue weighted by Gasteiger charge is -2.12. The molecule has 2 aromatic rings. The van der Waals surface area contributed by atoms with Gasteiger partial charge in [-0.2, -0.15) is 0 Å². The summed E-state index contributed by atoms with van der Waals surface area (Å²) in [5.74, 6) is 1.40. The molecule has 1 aliphatic rings. The van der Waals surface area contributed by atoms with Crippen molar-refractivity contribution in [3.8, 4) is 11.5 Å². The van der Waals surface area contributed by atoms with Crippen LogP contribution in [0.3, 0.4) is 0 Å². The van der Waals surface area contributed by atoms with Crippen LogP contribution >= 0.6 is 11.8 Å². The molecule has 1 heterocycles. The molecule has 2 aromatic carbocycles. The highest BCUT2D eigenvalue weighted by Crippen LogP contribution is 2.42. The van der Waals surface area contributed by atoms with Gasteiger partial charge in [0.05, 0.1) is 18.6 Å². The first-order valence-corrected chi connectivity index (χ1v) is 7.89. The highest BCUT2D eigenvalue weighted by Gasteiger charge is 2.25. The second-order valence-corrected chi connectivity index (χ2v) is 5.83. The number of benzene rings is 2. The van der Waals surface area contributed by atoms with Crippen LogP contribution in [0.15, 0.2) is 52.3 Å². The molecule has 0 saturated heterocycles. The van der Waals surface area contributed by atoms with E-state index in [1.807, 2.05) is 55.5 Å². The van der Waals surface area contributed by atoms with E-state index in [2.05, 4.69) is 0 Å². The molecule has 4 heteroatoms. The van der Waals surface area contributed by atoms with Crippen molar-refractivity contribution in [3.63, 3.8) is 0 Å². The number of hydrogen-bond donors (Lipinski definition) is 0. The van der Waals surface area contributed by atoms with Gasteiger partial charge in [-0.25, -0.2) is 0 Å². The number of fused-ring (bicyclic) bond motifs is 1. The van der Waals surface area contributed by atoms with E-state index in [-0.39, 0.29) is 5.78 Å². The van der Waals surface area contributed by atoms with Gasteiger partial charge < -0.3 is 9.47 Å². The van der Waals surface area contributed by atoms with Crippen molar-refractivity contribution in [1.29, 1.82) is 0 Å². The smallest absolute Gasteiger partial charge is 0.200 e. The van der Waals surface area contributed by atoms with E-state index in [1.165, 1.54) is 11.8 Å². The van der Waals surface area contributed by atoms with Gasteiger partial charge >= 0.3 is 0 Å². The highest BCUT2D eigenvalue weighted by molar-refractivity contribution is 8.04. The quantitative estimate of drug-likeness (QED) is 0.783. The predicted molar refractivity (Wildman–Crippen MR) is 88.8 cm³/mol. The Balaban J connectivity index is 2.02. The molecule has 0 aromatic heterocycles. The number of carbonyl (C=O) groups excluding carboxylic acids is 1. The number of rotatable bonds is 4. The van der Waals surface area contributed by atoms with Crippen molar-refractivity contribution in [2.24, 2.45) is 0 Å². The fourth-order valence-corrected chi connectivity index (χ4v) is 3.43. The van der Waals surface area contributed by atoms with Crippen LogP contribution in [0.25, 0.3) is 6.08 Å². The monoisotopic (exact) mass is 312 g/mol. The zero-order valence-electron chi connectivity index (χ0n) is 12.5. The first-order valence-electron chi connectivity index (χ1n) is 7.07. The number of para-hydroxylation sites is 1. The Bertz CT molecular complexity index is 750. The van der Waals surface area contributed by atoms with Crippen LogP contribution in [-0.4, -0.2) is 19.5 Å². The summed E-state index contributed by atoms with van der Waals surface area (Å²) in [5.41, 5.74) is 1.62. The number of hydrogen-bond acceptors (Lipinski definition) is 4. The topological polar surface area (TPSA) is 35.5 Å². The molecule has 0 saturated carbocycles. The Morgan fingerprint density at radius 2 is 1.95 bits per heavy atom. The van der Waals surface area contributed by atoms with Crippen LogP contribution in [0.5, 0.6) is 11.5 Å². The van der Waals surface area contributed by atoms with Crippen LogP contribution in [0.1, 0.15) is 22.8 Å². The zero-order chi connectivity index (χ0) is 15.5. The molecular formula is C18H16O3S. The molecule has 1 aliphatic heterocycles. The van der Waals surface area contributed by atoms with Crippen molar-refractivity contribution in [2.45, 2.75) is 11.8 Å². The van der Waals surface area contributed by atoms with Gasteiger partial charge in [-0.15, -0.1) is 0 Å². The average molecular weight is 312 g/mol. The first kappa shape index (κ1) is 14.7. The van der Waals surface area contributed by atoms with Gasteiger partial charge in [0.1, 0.15) is 0 Å². The Hall–Kier alpha value is -2.20.